The highest BCUT2D eigenvalue weighted by Gasteiger charge is 2.36. The monoisotopic (exact) mass is 505 g/mol. The van der Waals surface area contributed by atoms with E-state index in [1.165, 1.54) is 4.57 Å². The van der Waals surface area contributed by atoms with E-state index in [1.54, 1.807) is 61.2 Å². The summed E-state index contributed by atoms with van der Waals surface area (Å²) < 4.78 is 44.0. The number of hydrogen-bond acceptors (Lipinski definition) is 6. The highest BCUT2D eigenvalue weighted by atomic mass is 19.4. The van der Waals surface area contributed by atoms with Crippen LogP contribution in [0.5, 0.6) is 0 Å². The van der Waals surface area contributed by atoms with Crippen LogP contribution >= 0.6 is 0 Å². The Morgan fingerprint density at radius 3 is 2.49 bits per heavy atom. The van der Waals surface area contributed by atoms with Crippen LogP contribution in [0.2, 0.25) is 0 Å². The SMILES string of the molecule is CC(Nc1nc(N)ncc1C(F)(F)F)c1cc2cccc(-c3cnn(C)c3)c2c(=O)n1-c1ccccc1. The number of halogens is 3. The van der Waals surface area contributed by atoms with Gasteiger partial charge in [0.05, 0.1) is 17.6 Å². The molecule has 0 saturated carbocycles. The lowest BCUT2D eigenvalue weighted by Crippen LogP contribution is -2.26. The zero-order chi connectivity index (χ0) is 26.3. The van der Waals surface area contributed by atoms with Crippen molar-refractivity contribution in [1.82, 2.24) is 24.3 Å². The van der Waals surface area contributed by atoms with Crippen LogP contribution in [0, 0.1) is 0 Å². The number of aryl methyl sites for hydroxylation is 1. The van der Waals surface area contributed by atoms with E-state index < -0.39 is 23.6 Å². The third-order valence-electron chi connectivity index (χ3n) is 6.02. The van der Waals surface area contributed by atoms with E-state index in [2.05, 4.69) is 20.4 Å². The maximum absolute atomic E-state index is 14.1. The van der Waals surface area contributed by atoms with Crippen molar-refractivity contribution in [3.63, 3.8) is 0 Å². The quantitative estimate of drug-likeness (QED) is 0.350. The minimum absolute atomic E-state index is 0.303. The number of para-hydroxylation sites is 1. The highest BCUT2D eigenvalue weighted by Crippen LogP contribution is 2.36. The van der Waals surface area contributed by atoms with Crippen LogP contribution in [-0.4, -0.2) is 24.3 Å². The van der Waals surface area contributed by atoms with E-state index in [0.717, 1.165) is 5.56 Å². The van der Waals surface area contributed by atoms with Crippen molar-refractivity contribution in [1.29, 1.82) is 0 Å². The molecule has 0 fully saturated rings. The number of nitrogen functional groups attached to an aromatic ring is 1. The fourth-order valence-corrected chi connectivity index (χ4v) is 4.34. The minimum Gasteiger partial charge on any atom is -0.368 e. The van der Waals surface area contributed by atoms with E-state index in [-0.39, 0.29) is 11.5 Å². The predicted molar refractivity (Wildman–Crippen MR) is 135 cm³/mol. The van der Waals surface area contributed by atoms with Gasteiger partial charge in [0.2, 0.25) is 5.95 Å². The first-order valence-corrected chi connectivity index (χ1v) is 11.3. The second kappa shape index (κ2) is 9.08. The third-order valence-corrected chi connectivity index (χ3v) is 6.02. The van der Waals surface area contributed by atoms with E-state index in [4.69, 9.17) is 5.73 Å². The number of anilines is 2. The van der Waals surface area contributed by atoms with Crippen molar-refractivity contribution in [2.24, 2.45) is 7.05 Å². The Bertz CT molecular complexity index is 1660. The van der Waals surface area contributed by atoms with Crippen molar-refractivity contribution in [2.75, 3.05) is 11.1 Å². The van der Waals surface area contributed by atoms with Crippen molar-refractivity contribution < 1.29 is 13.2 Å². The second-order valence-corrected chi connectivity index (χ2v) is 8.57. The van der Waals surface area contributed by atoms with Crippen molar-refractivity contribution >= 4 is 22.5 Å². The molecule has 1 atom stereocenters. The maximum atomic E-state index is 14.1. The zero-order valence-corrected chi connectivity index (χ0v) is 19.9. The Morgan fingerprint density at radius 2 is 1.81 bits per heavy atom. The number of nitrogens with zero attached hydrogens (tertiary/aromatic N) is 5. The third kappa shape index (κ3) is 4.51. The molecular weight excluding hydrogens is 483 g/mol. The summed E-state index contributed by atoms with van der Waals surface area (Å²) in [6.07, 6.45) is -0.562. The number of fused-ring (bicyclic) bond motifs is 1. The summed E-state index contributed by atoms with van der Waals surface area (Å²) in [5, 5.41) is 8.13. The maximum Gasteiger partial charge on any atom is 0.421 e. The molecule has 0 aliphatic rings. The van der Waals surface area contributed by atoms with Gasteiger partial charge >= 0.3 is 6.18 Å². The van der Waals surface area contributed by atoms with Gasteiger partial charge in [-0.1, -0.05) is 36.4 Å². The number of pyridine rings is 1. The number of alkyl halides is 3. The summed E-state index contributed by atoms with van der Waals surface area (Å²) in [5.41, 5.74) is 6.70. The Hall–Kier alpha value is -4.67. The average Bonchev–Trinajstić information content (AvgIpc) is 3.29. The highest BCUT2D eigenvalue weighted by molar-refractivity contribution is 5.96. The molecule has 1 unspecified atom stereocenters. The smallest absolute Gasteiger partial charge is 0.368 e. The fraction of sp³-hybridized carbons (Fsp3) is 0.154. The first-order chi connectivity index (χ1) is 17.6. The molecule has 0 bridgehead atoms. The second-order valence-electron chi connectivity index (χ2n) is 8.57. The predicted octanol–water partition coefficient (Wildman–Crippen LogP) is 4.96. The lowest BCUT2D eigenvalue weighted by Gasteiger charge is -2.23. The number of benzene rings is 2. The van der Waals surface area contributed by atoms with Gasteiger partial charge in [-0.2, -0.15) is 23.3 Å². The molecule has 0 radical (unpaired) electrons. The molecule has 37 heavy (non-hydrogen) atoms. The van der Waals surface area contributed by atoms with Gasteiger partial charge in [-0.15, -0.1) is 0 Å². The molecule has 3 heterocycles. The van der Waals surface area contributed by atoms with Crippen LogP contribution in [0.3, 0.4) is 0 Å². The van der Waals surface area contributed by atoms with E-state index in [1.807, 2.05) is 24.4 Å². The van der Waals surface area contributed by atoms with Gasteiger partial charge in [-0.25, -0.2) is 4.98 Å². The van der Waals surface area contributed by atoms with Crippen LogP contribution in [0.15, 0.2) is 78.0 Å². The van der Waals surface area contributed by atoms with E-state index >= 15 is 0 Å². The van der Waals surface area contributed by atoms with Crippen LogP contribution in [-0.2, 0) is 13.2 Å². The number of nitrogens with two attached hydrogens (primary N) is 1. The molecule has 0 aliphatic heterocycles. The number of nitrogens with one attached hydrogen (secondary N) is 1. The largest absolute Gasteiger partial charge is 0.421 e. The molecule has 5 aromatic rings. The summed E-state index contributed by atoms with van der Waals surface area (Å²) in [5.74, 6) is -0.772. The number of aromatic nitrogens is 5. The molecule has 0 spiro atoms. The molecule has 3 N–H and O–H groups in total. The van der Waals surface area contributed by atoms with Crippen molar-refractivity contribution in [2.45, 2.75) is 19.1 Å². The zero-order valence-electron chi connectivity index (χ0n) is 19.9. The lowest BCUT2D eigenvalue weighted by atomic mass is 9.99. The molecule has 188 valence electrons. The van der Waals surface area contributed by atoms with Crippen LogP contribution in [0.4, 0.5) is 24.9 Å². The standard InChI is InChI=1S/C26H22F3N7O/c1-15(33-23-20(26(27,28)29)13-31-25(30)34-23)21-11-16-7-6-10-19(17-12-32-35(2)14-17)22(16)24(37)36(21)18-8-4-3-5-9-18/h3-15H,1-2H3,(H3,30,31,33,34). The molecule has 0 amide bonds. The van der Waals surface area contributed by atoms with Gasteiger partial charge in [0, 0.05) is 36.4 Å². The Labute approximate surface area is 209 Å². The molecular formula is C26H22F3N7O. The molecule has 0 saturated heterocycles. The minimum atomic E-state index is -4.70. The Morgan fingerprint density at radius 1 is 1.05 bits per heavy atom. The van der Waals surface area contributed by atoms with Crippen LogP contribution < -0.4 is 16.6 Å². The van der Waals surface area contributed by atoms with Crippen molar-refractivity contribution in [3.8, 4) is 16.8 Å². The van der Waals surface area contributed by atoms with Gasteiger partial charge in [0.15, 0.2) is 0 Å². The molecule has 2 aromatic carbocycles. The van der Waals surface area contributed by atoms with E-state index in [0.29, 0.717) is 33.9 Å². The summed E-state index contributed by atoms with van der Waals surface area (Å²) in [6, 6.07) is 15.4. The summed E-state index contributed by atoms with van der Waals surface area (Å²) in [6.45, 7) is 1.66. The lowest BCUT2D eigenvalue weighted by molar-refractivity contribution is -0.137. The molecule has 11 heteroatoms. The molecule has 0 aliphatic carbocycles. The first kappa shape index (κ1) is 24.0. The van der Waals surface area contributed by atoms with Crippen molar-refractivity contribution in [3.05, 3.63) is 94.8 Å². The number of hydrogen-bond donors (Lipinski definition) is 2. The van der Waals surface area contributed by atoms with Gasteiger partial charge in [-0.05, 0) is 36.1 Å². The first-order valence-electron chi connectivity index (χ1n) is 11.3. The summed E-state index contributed by atoms with van der Waals surface area (Å²) in [4.78, 5) is 21.3. The van der Waals surface area contributed by atoms with Gasteiger partial charge in [0.1, 0.15) is 11.4 Å². The molecule has 3 aromatic heterocycles. The van der Waals surface area contributed by atoms with Gasteiger partial charge < -0.3 is 11.1 Å². The molecule has 5 rings (SSSR count). The Balaban J connectivity index is 1.73. The van der Waals surface area contributed by atoms with E-state index in [9.17, 15) is 18.0 Å². The summed E-state index contributed by atoms with van der Waals surface area (Å²) >= 11 is 0. The Kier molecular flexibility index (Phi) is 5.90. The summed E-state index contributed by atoms with van der Waals surface area (Å²) in [7, 11) is 1.79. The van der Waals surface area contributed by atoms with Gasteiger partial charge in [-0.3, -0.25) is 14.0 Å². The number of rotatable bonds is 5. The topological polar surface area (TPSA) is 104 Å². The normalized spacial score (nSPS) is 12.6. The van der Waals surface area contributed by atoms with Crippen LogP contribution in [0.1, 0.15) is 24.2 Å². The fourth-order valence-electron chi connectivity index (χ4n) is 4.34. The average molecular weight is 506 g/mol. The van der Waals surface area contributed by atoms with Crippen LogP contribution in [0.25, 0.3) is 27.6 Å². The van der Waals surface area contributed by atoms with Gasteiger partial charge in [0.25, 0.3) is 5.56 Å². The molecule has 8 nitrogen and oxygen atoms in total.